The van der Waals surface area contributed by atoms with E-state index in [-0.39, 0.29) is 40.1 Å². The fourth-order valence-electron chi connectivity index (χ4n) is 13.5. The quantitative estimate of drug-likeness (QED) is 0.0498. The highest BCUT2D eigenvalue weighted by atomic mass is 32.2. The summed E-state index contributed by atoms with van der Waals surface area (Å²) in [6.07, 6.45) is 16.6. The summed E-state index contributed by atoms with van der Waals surface area (Å²) in [7, 11) is -11.8. The molecule has 33 heteroatoms. The zero-order chi connectivity index (χ0) is 81.8. The molecule has 20 rings (SSSR count). The van der Waals surface area contributed by atoms with Gasteiger partial charge in [-0.1, -0.05) is 134 Å². The summed E-state index contributed by atoms with van der Waals surface area (Å²) < 4.78 is 102. The van der Waals surface area contributed by atoms with Gasteiger partial charge in [0.2, 0.25) is 11.8 Å². The maximum atomic E-state index is 13.9. The molecule has 122 heavy (non-hydrogen) atoms. The van der Waals surface area contributed by atoms with E-state index in [2.05, 4.69) is 66.1 Å². The minimum Gasteiger partial charge on any atom is -0.410 e. The first kappa shape index (κ1) is 83.5. The first-order chi connectivity index (χ1) is 57.9. The minimum absolute atomic E-state index is 0. The lowest BCUT2D eigenvalue weighted by molar-refractivity contribution is 0.215. The van der Waals surface area contributed by atoms with Gasteiger partial charge in [0.1, 0.15) is 36.1 Å². The van der Waals surface area contributed by atoms with E-state index in [1.807, 2.05) is 54.6 Å². The van der Waals surface area contributed by atoms with Crippen LogP contribution in [0.3, 0.4) is 0 Å². The predicted molar refractivity (Wildman–Crippen MR) is 465 cm³/mol. The van der Waals surface area contributed by atoms with Gasteiger partial charge >= 0.3 is 12.1 Å². The van der Waals surface area contributed by atoms with Gasteiger partial charge in [-0.2, -0.15) is 0 Å². The van der Waals surface area contributed by atoms with Crippen LogP contribution < -0.4 is 32.2 Å². The number of para-hydroxylation sites is 1. The normalized spacial score (nSPS) is 12.9. The number of benzene rings is 7. The Bertz CT molecular complexity index is 6930. The molecule has 3 aliphatic carbocycles. The standard InChI is InChI=1S/C30H23N7O4S.C28H22N4O4S.C21H18N4O2S.C8H7N3O.2CH4.FH/c38-30(35-27-16-25(36-41-27)21-5-4-14-31-17-21)34-22-12-10-19(11-13-22)26-15-24-28(20-8-9-20)32-18-33-29(24)37(26)42(39,40)23-6-2-1-3-7-23;33-28(36-22-7-3-1-4-8-22)31-21-15-13-19(14-16-21)25-17-24-26(20-11-12-20)29-18-30-27(24)32(25)37(34,35)23-9-5-2-6-10-23;22-16-10-8-14(9-11-16)19-12-18-20(15-6-7-15)23-13-24-21(18)25(19)28(26,27)17-4-2-1-3-5-17;9-8-4-7(11-12-8)6-2-1-3-10-5-6;;;/h1-7,10-18,20H,8-9H2,(H2,34,35,38);1-10,13-18,20H,11-12H2,(H,31,33);1-5,8-13,15H,6-7,22H2;1-5H,9H2;2*1H4;1H. The molecule has 616 valence electrons. The third-order valence-corrected chi connectivity index (χ3v) is 24.9. The van der Waals surface area contributed by atoms with Crippen molar-refractivity contribution in [3.8, 4) is 62.0 Å². The average Bonchev–Trinajstić information content (AvgIpc) is 1.59. The van der Waals surface area contributed by atoms with Crippen molar-refractivity contribution in [2.24, 2.45) is 0 Å². The number of pyridine rings is 2. The van der Waals surface area contributed by atoms with E-state index in [1.165, 1.54) is 30.9 Å². The van der Waals surface area contributed by atoms with Crippen molar-refractivity contribution in [2.45, 2.75) is 85.8 Å². The topological polar surface area (TPSA) is 404 Å². The fourth-order valence-corrected chi connectivity index (χ4v) is 18.0. The second-order valence-electron chi connectivity index (χ2n) is 28.0. The van der Waals surface area contributed by atoms with Crippen LogP contribution in [0.4, 0.5) is 43.1 Å². The second kappa shape index (κ2) is 35.7. The highest BCUT2D eigenvalue weighted by molar-refractivity contribution is 7.90. The molecule has 0 aliphatic heterocycles. The lowest BCUT2D eigenvalue weighted by Gasteiger charge is -2.12. The Hall–Kier alpha value is -15.0. The molecule has 10 heterocycles. The van der Waals surface area contributed by atoms with Gasteiger partial charge in [0, 0.05) is 99.0 Å². The molecule has 3 aliphatic rings. The summed E-state index contributed by atoms with van der Waals surface area (Å²) in [6.45, 7) is 0. The molecule has 3 fully saturated rings. The number of nitrogens with two attached hydrogens (primary N) is 2. The molecule has 3 amide bonds. The van der Waals surface area contributed by atoms with Crippen molar-refractivity contribution in [3.05, 3.63) is 310 Å². The van der Waals surface area contributed by atoms with Gasteiger partial charge in [-0.3, -0.25) is 25.3 Å². The number of anilines is 5. The summed E-state index contributed by atoms with van der Waals surface area (Å²) in [4.78, 5) is 60.0. The molecule has 29 nitrogen and oxygen atoms in total. The number of ether oxygens (including phenoxy) is 1. The number of rotatable bonds is 18. The van der Waals surface area contributed by atoms with Crippen LogP contribution in [0.1, 0.15) is 88.2 Å². The molecule has 0 saturated heterocycles. The van der Waals surface area contributed by atoms with Gasteiger partial charge in [0.15, 0.2) is 16.9 Å². The summed E-state index contributed by atoms with van der Waals surface area (Å²) in [5, 5.41) is 18.0. The Kier molecular flexibility index (Phi) is 24.4. The molecular formula is C89H79FN18O11S3. The smallest absolute Gasteiger partial charge is 0.410 e. The monoisotopic (exact) mass is 1690 g/mol. The lowest BCUT2D eigenvalue weighted by Crippen LogP contribution is -2.19. The molecule has 7 N–H and O–H groups in total. The highest BCUT2D eigenvalue weighted by Crippen LogP contribution is 2.47. The van der Waals surface area contributed by atoms with E-state index in [0.717, 1.165) is 83.1 Å². The van der Waals surface area contributed by atoms with Crippen LogP contribution in [0.25, 0.3) is 89.4 Å². The number of urea groups is 1. The van der Waals surface area contributed by atoms with Crippen LogP contribution in [-0.4, -0.2) is 99.5 Å². The Morgan fingerprint density at radius 1 is 0.393 bits per heavy atom. The second-order valence-corrected chi connectivity index (χ2v) is 33.4. The Labute approximate surface area is 700 Å². The van der Waals surface area contributed by atoms with E-state index in [9.17, 15) is 34.8 Å². The van der Waals surface area contributed by atoms with Crippen molar-refractivity contribution in [3.63, 3.8) is 0 Å². The molecule has 0 radical (unpaired) electrons. The van der Waals surface area contributed by atoms with Crippen LogP contribution >= 0.6 is 0 Å². The van der Waals surface area contributed by atoms with E-state index >= 15 is 0 Å². The highest BCUT2D eigenvalue weighted by Gasteiger charge is 2.36. The van der Waals surface area contributed by atoms with E-state index in [4.69, 9.17) is 25.3 Å². The summed E-state index contributed by atoms with van der Waals surface area (Å²) >= 11 is 0. The van der Waals surface area contributed by atoms with Crippen LogP contribution in [-0.2, 0) is 30.1 Å². The van der Waals surface area contributed by atoms with Gasteiger partial charge in [-0.05, 0) is 183 Å². The van der Waals surface area contributed by atoms with Gasteiger partial charge < -0.3 is 30.6 Å². The Morgan fingerprint density at radius 3 is 1.11 bits per heavy atom. The maximum Gasteiger partial charge on any atom is 0.417 e. The molecule has 0 atom stereocenters. The number of nitrogens with one attached hydrogen (secondary N) is 3. The Morgan fingerprint density at radius 2 is 0.754 bits per heavy atom. The minimum atomic E-state index is -3.98. The number of carbonyl (C=O) groups is 2. The fraction of sp³-hybridized carbons (Fsp3) is 0.124. The number of hydrogen-bond donors (Lipinski definition) is 5. The number of hydrogen-bond acceptors (Lipinski definition) is 23. The largest absolute Gasteiger partial charge is 0.417 e. The number of halogens is 1. The number of nitrogen functional groups attached to an aromatic ring is 2. The first-order valence-corrected chi connectivity index (χ1v) is 41.9. The van der Waals surface area contributed by atoms with E-state index < -0.39 is 42.2 Å². The molecular weight excluding hydrogens is 1610 g/mol. The molecule has 0 spiro atoms. The zero-order valence-corrected chi connectivity index (χ0v) is 65.7. The van der Waals surface area contributed by atoms with E-state index in [1.54, 1.807) is 219 Å². The van der Waals surface area contributed by atoms with Crippen LogP contribution in [0.2, 0.25) is 0 Å². The van der Waals surface area contributed by atoms with Crippen molar-refractivity contribution >= 4 is 104 Å². The summed E-state index contributed by atoms with van der Waals surface area (Å²) in [6, 6.07) is 70.4. The van der Waals surface area contributed by atoms with E-state index in [0.29, 0.717) is 108 Å². The molecule has 17 aromatic rings. The number of nitrogens with zero attached hydrogens (tertiary/aromatic N) is 13. The zero-order valence-electron chi connectivity index (χ0n) is 63.3. The van der Waals surface area contributed by atoms with Crippen LogP contribution in [0.5, 0.6) is 5.75 Å². The summed E-state index contributed by atoms with van der Waals surface area (Å²) in [5.41, 5.74) is 23.0. The molecule has 7 aromatic carbocycles. The van der Waals surface area contributed by atoms with Crippen molar-refractivity contribution in [1.29, 1.82) is 0 Å². The van der Waals surface area contributed by atoms with Crippen molar-refractivity contribution in [1.82, 2.24) is 62.1 Å². The van der Waals surface area contributed by atoms with Crippen LogP contribution in [0, 0.1) is 0 Å². The number of amides is 3. The van der Waals surface area contributed by atoms with Crippen LogP contribution in [0.15, 0.2) is 316 Å². The predicted octanol–water partition coefficient (Wildman–Crippen LogP) is 18.3. The van der Waals surface area contributed by atoms with Gasteiger partial charge in [-0.25, -0.2) is 76.7 Å². The van der Waals surface area contributed by atoms with Gasteiger partial charge in [-0.15, -0.1) is 0 Å². The number of aromatic nitrogens is 13. The lowest BCUT2D eigenvalue weighted by atomic mass is 10.1. The number of carbonyl (C=O) groups excluding carboxylic acids is 2. The first-order valence-electron chi connectivity index (χ1n) is 37.6. The van der Waals surface area contributed by atoms with Gasteiger partial charge in [0.05, 0.1) is 48.9 Å². The molecule has 3 saturated carbocycles. The third kappa shape index (κ3) is 17.9. The summed E-state index contributed by atoms with van der Waals surface area (Å²) in [5.74, 6) is 1.91. The van der Waals surface area contributed by atoms with Crippen molar-refractivity contribution in [2.75, 3.05) is 27.4 Å². The molecule has 10 aromatic heterocycles. The maximum absolute atomic E-state index is 13.9. The SMILES string of the molecule is C.C.F.Nc1cc(-c2cccnc2)no1.Nc1ccc(-c2cc3c(C4CC4)ncnc3n2S(=O)(=O)c2ccccc2)cc1.O=C(Nc1ccc(-c2cc3c(C4CC4)ncnc3n2S(=O)(=O)c2ccccc2)cc1)Nc1cc(-c2cccnc2)no1.O=C(Nc1ccc(-c2cc3c(C4CC4)ncnc3n2S(=O)(=O)c2ccccc2)cc1)Oc1ccccc1. The number of fused-ring (bicyclic) bond motifs is 3. The van der Waals surface area contributed by atoms with Crippen molar-refractivity contribution < 1.29 is 53.3 Å². The average molecular weight is 1690 g/mol. The molecule has 0 bridgehead atoms. The Balaban J connectivity index is 0.000000140. The third-order valence-electron chi connectivity index (χ3n) is 19.7. The van der Waals surface area contributed by atoms with Gasteiger partial charge in [0.25, 0.3) is 30.1 Å². The molecule has 0 unspecified atom stereocenters.